The lowest BCUT2D eigenvalue weighted by molar-refractivity contribution is -0.115. The molecule has 3 rings (SSSR count). The zero-order chi connectivity index (χ0) is 17.3. The van der Waals surface area contributed by atoms with Gasteiger partial charge in [0.15, 0.2) is 15.0 Å². The van der Waals surface area contributed by atoms with Gasteiger partial charge in [0.25, 0.3) is 5.91 Å². The van der Waals surface area contributed by atoms with E-state index in [4.69, 9.17) is 11.6 Å². The van der Waals surface area contributed by atoms with Crippen molar-refractivity contribution in [1.29, 1.82) is 0 Å². The van der Waals surface area contributed by atoms with Crippen molar-refractivity contribution in [3.8, 4) is 0 Å². The van der Waals surface area contributed by atoms with Crippen LogP contribution in [0.1, 0.15) is 5.56 Å². The summed E-state index contributed by atoms with van der Waals surface area (Å²) in [4.78, 5) is 17.4. The topological polar surface area (TPSA) is 66.8 Å². The van der Waals surface area contributed by atoms with Gasteiger partial charge in [0.1, 0.15) is 11.7 Å². The minimum Gasteiger partial charge on any atom is -0.346 e. The molecule has 2 atom stereocenters. The summed E-state index contributed by atoms with van der Waals surface area (Å²) in [6.45, 7) is 0.518. The highest BCUT2D eigenvalue weighted by Gasteiger charge is 2.48. The van der Waals surface area contributed by atoms with Crippen LogP contribution >= 0.6 is 23.4 Å². The predicted octanol–water partition coefficient (Wildman–Crippen LogP) is 1.70. The Labute approximate surface area is 149 Å². The van der Waals surface area contributed by atoms with E-state index < -0.39 is 15.7 Å². The van der Waals surface area contributed by atoms with E-state index in [1.807, 2.05) is 4.90 Å². The third-order valence-electron chi connectivity index (χ3n) is 4.06. The summed E-state index contributed by atoms with van der Waals surface area (Å²) in [5.74, 6) is -0.768. The Balaban J connectivity index is 1.78. The van der Waals surface area contributed by atoms with Crippen LogP contribution in [0.4, 0.5) is 4.39 Å². The number of hydrogen-bond donors (Lipinski definition) is 0. The molecule has 0 spiro atoms. The van der Waals surface area contributed by atoms with E-state index in [0.29, 0.717) is 18.1 Å². The third kappa shape index (κ3) is 3.92. The molecule has 0 N–H and O–H groups in total. The molecule has 0 saturated carbocycles. The lowest BCUT2D eigenvalue weighted by atomic mass is 10.1. The number of rotatable bonds is 4. The number of halogens is 2. The SMILES string of the molecule is O=C(CCl)N=C1S[C@H]2CS(=O)(=O)C[C@H]2N1CCc1ccc(F)cc1. The van der Waals surface area contributed by atoms with Gasteiger partial charge in [-0.3, -0.25) is 4.79 Å². The van der Waals surface area contributed by atoms with Crippen LogP contribution in [-0.4, -0.2) is 59.6 Å². The van der Waals surface area contributed by atoms with E-state index in [2.05, 4.69) is 4.99 Å². The molecule has 0 radical (unpaired) electrons. The summed E-state index contributed by atoms with van der Waals surface area (Å²) in [5.41, 5.74) is 0.939. The fraction of sp³-hybridized carbons (Fsp3) is 0.467. The van der Waals surface area contributed by atoms with Crippen LogP contribution in [0.25, 0.3) is 0 Å². The molecule has 0 bridgehead atoms. The highest BCUT2D eigenvalue weighted by atomic mass is 35.5. The Morgan fingerprint density at radius 3 is 2.71 bits per heavy atom. The second-order valence-corrected chi connectivity index (χ2v) is 9.42. The van der Waals surface area contributed by atoms with Crippen molar-refractivity contribution in [2.24, 2.45) is 4.99 Å². The van der Waals surface area contributed by atoms with Crippen molar-refractivity contribution in [2.45, 2.75) is 17.7 Å². The fourth-order valence-corrected chi connectivity index (χ4v) is 6.99. The number of fused-ring (bicyclic) bond motifs is 1. The number of carbonyl (C=O) groups is 1. The molecular weight excluding hydrogens is 375 g/mol. The molecule has 2 saturated heterocycles. The van der Waals surface area contributed by atoms with Crippen molar-refractivity contribution in [3.63, 3.8) is 0 Å². The first-order valence-electron chi connectivity index (χ1n) is 7.43. The number of sulfone groups is 1. The molecule has 24 heavy (non-hydrogen) atoms. The van der Waals surface area contributed by atoms with Crippen LogP contribution in [0.2, 0.25) is 0 Å². The van der Waals surface area contributed by atoms with Crippen LogP contribution in [-0.2, 0) is 21.1 Å². The Hall–Kier alpha value is -1.12. The molecule has 1 amide bonds. The van der Waals surface area contributed by atoms with Crippen molar-refractivity contribution < 1.29 is 17.6 Å². The molecule has 2 fully saturated rings. The number of hydrogen-bond acceptors (Lipinski definition) is 4. The summed E-state index contributed by atoms with van der Waals surface area (Å²) < 4.78 is 36.7. The number of carbonyl (C=O) groups excluding carboxylic acids is 1. The smallest absolute Gasteiger partial charge is 0.262 e. The van der Waals surface area contributed by atoms with Gasteiger partial charge in [-0.15, -0.1) is 11.6 Å². The molecule has 2 aliphatic heterocycles. The van der Waals surface area contributed by atoms with E-state index in [0.717, 1.165) is 5.56 Å². The van der Waals surface area contributed by atoms with Gasteiger partial charge in [0, 0.05) is 11.8 Å². The minimum atomic E-state index is -3.06. The van der Waals surface area contributed by atoms with Crippen LogP contribution in [0.3, 0.4) is 0 Å². The number of nitrogens with zero attached hydrogens (tertiary/aromatic N) is 2. The first-order valence-corrected chi connectivity index (χ1v) is 10.7. The maximum Gasteiger partial charge on any atom is 0.262 e. The van der Waals surface area contributed by atoms with Crippen molar-refractivity contribution in [1.82, 2.24) is 4.90 Å². The Morgan fingerprint density at radius 2 is 2.04 bits per heavy atom. The van der Waals surface area contributed by atoms with Gasteiger partial charge in [-0.05, 0) is 24.1 Å². The normalized spacial score (nSPS) is 26.8. The first kappa shape index (κ1) is 17.7. The van der Waals surface area contributed by atoms with Crippen molar-refractivity contribution in [2.75, 3.05) is 23.9 Å². The minimum absolute atomic E-state index is 0.0716. The van der Waals surface area contributed by atoms with Gasteiger partial charge in [0.05, 0.1) is 17.5 Å². The van der Waals surface area contributed by atoms with Crippen molar-refractivity contribution in [3.05, 3.63) is 35.6 Å². The van der Waals surface area contributed by atoms with Gasteiger partial charge >= 0.3 is 0 Å². The number of alkyl halides is 1. The standard InChI is InChI=1S/C15H16ClFN2O3S2/c16-7-14(20)18-15-19(6-5-10-1-3-11(17)4-2-10)12-8-24(21,22)9-13(12)23-15/h1-4,12-13H,5-9H2/t12-,13+/m1/s1. The van der Waals surface area contributed by atoms with E-state index in [1.54, 1.807) is 12.1 Å². The van der Waals surface area contributed by atoms with Crippen molar-refractivity contribution >= 4 is 44.3 Å². The van der Waals surface area contributed by atoms with Crippen LogP contribution in [0, 0.1) is 5.82 Å². The quantitative estimate of drug-likeness (QED) is 0.732. The summed E-state index contributed by atoms with van der Waals surface area (Å²) in [5, 5.41) is 0.428. The van der Waals surface area contributed by atoms with Crippen LogP contribution in [0.5, 0.6) is 0 Å². The lowest BCUT2D eigenvalue weighted by Crippen LogP contribution is -2.39. The largest absolute Gasteiger partial charge is 0.346 e. The van der Waals surface area contributed by atoms with E-state index in [1.165, 1.54) is 23.9 Å². The Bertz CT molecular complexity index is 767. The molecule has 9 heteroatoms. The molecule has 2 aliphatic rings. The molecule has 130 valence electrons. The monoisotopic (exact) mass is 390 g/mol. The van der Waals surface area contributed by atoms with Gasteiger partial charge < -0.3 is 4.90 Å². The zero-order valence-electron chi connectivity index (χ0n) is 12.7. The summed E-state index contributed by atoms with van der Waals surface area (Å²) in [7, 11) is -3.06. The van der Waals surface area contributed by atoms with Crippen LogP contribution < -0.4 is 0 Å². The second-order valence-electron chi connectivity index (χ2n) is 5.79. The maximum atomic E-state index is 13.0. The highest BCUT2D eigenvalue weighted by molar-refractivity contribution is 8.15. The zero-order valence-corrected chi connectivity index (χ0v) is 15.1. The highest BCUT2D eigenvalue weighted by Crippen LogP contribution is 2.38. The molecular formula is C15H16ClFN2O3S2. The van der Waals surface area contributed by atoms with E-state index in [-0.39, 0.29) is 34.5 Å². The molecule has 5 nitrogen and oxygen atoms in total. The number of benzene rings is 1. The Kier molecular flexibility index (Phi) is 5.17. The molecule has 1 aromatic carbocycles. The van der Waals surface area contributed by atoms with Crippen LogP contribution in [0.15, 0.2) is 29.3 Å². The predicted molar refractivity (Wildman–Crippen MR) is 93.8 cm³/mol. The van der Waals surface area contributed by atoms with E-state index >= 15 is 0 Å². The van der Waals surface area contributed by atoms with E-state index in [9.17, 15) is 17.6 Å². The number of thioether (sulfide) groups is 1. The van der Waals surface area contributed by atoms with Gasteiger partial charge in [-0.2, -0.15) is 4.99 Å². The molecule has 0 aliphatic carbocycles. The maximum absolute atomic E-state index is 13.0. The number of aliphatic imine (C=N–C) groups is 1. The van der Waals surface area contributed by atoms with Gasteiger partial charge in [-0.25, -0.2) is 12.8 Å². The summed E-state index contributed by atoms with van der Waals surface area (Å²) in [6, 6.07) is 6.00. The lowest BCUT2D eigenvalue weighted by Gasteiger charge is -2.24. The molecule has 0 unspecified atom stereocenters. The third-order valence-corrected chi connectivity index (χ3v) is 7.54. The average molecular weight is 391 g/mol. The van der Waals surface area contributed by atoms with Gasteiger partial charge in [-0.1, -0.05) is 23.9 Å². The Morgan fingerprint density at radius 1 is 1.33 bits per heavy atom. The second kappa shape index (κ2) is 7.01. The number of amides is 1. The fourth-order valence-electron chi connectivity index (χ4n) is 2.93. The first-order chi connectivity index (χ1) is 11.4. The summed E-state index contributed by atoms with van der Waals surface area (Å²) >= 11 is 6.85. The number of amidine groups is 1. The van der Waals surface area contributed by atoms with Gasteiger partial charge in [0.2, 0.25) is 0 Å². The molecule has 2 heterocycles. The molecule has 1 aromatic rings. The molecule has 0 aromatic heterocycles. The summed E-state index contributed by atoms with van der Waals surface area (Å²) in [6.07, 6.45) is 0.609. The average Bonchev–Trinajstić information content (AvgIpc) is 2.98.